The molecule has 0 bridgehead atoms. The summed E-state index contributed by atoms with van der Waals surface area (Å²) in [5.41, 5.74) is 0.265. The van der Waals surface area contributed by atoms with Gasteiger partial charge in [0, 0.05) is 6.20 Å². The molecule has 0 aliphatic rings. The number of pyridine rings is 1. The Bertz CT molecular complexity index is 739. The van der Waals surface area contributed by atoms with Crippen LogP contribution < -0.4 is 10.1 Å². The van der Waals surface area contributed by atoms with E-state index in [9.17, 15) is 14.0 Å². The molecule has 1 aromatic carbocycles. The van der Waals surface area contributed by atoms with E-state index in [1.165, 1.54) is 25.4 Å². The average Bonchev–Trinajstić information content (AvgIpc) is 2.54. The Morgan fingerprint density at radius 2 is 2.13 bits per heavy atom. The topological polar surface area (TPSA) is 77.5 Å². The standard InChI is InChI=1S/C15H12ClFN2O4/c1-22-12-5-4-9(7-10(12)17)15(21)23-8-13(20)19-11-3-2-6-18-14(11)16/h2-7H,8H2,1H3,(H,19,20). The number of ether oxygens (including phenoxy) is 2. The molecule has 0 unspecified atom stereocenters. The molecule has 1 amide bonds. The highest BCUT2D eigenvalue weighted by Crippen LogP contribution is 2.19. The predicted octanol–water partition coefficient (Wildman–Crippen LogP) is 2.68. The summed E-state index contributed by atoms with van der Waals surface area (Å²) in [5, 5.41) is 2.56. The van der Waals surface area contributed by atoms with Gasteiger partial charge >= 0.3 is 5.97 Å². The van der Waals surface area contributed by atoms with E-state index >= 15 is 0 Å². The molecule has 120 valence electrons. The highest BCUT2D eigenvalue weighted by Gasteiger charge is 2.14. The predicted molar refractivity (Wildman–Crippen MR) is 81.1 cm³/mol. The lowest BCUT2D eigenvalue weighted by molar-refractivity contribution is -0.119. The summed E-state index contributed by atoms with van der Waals surface area (Å²) in [5.74, 6) is -2.12. The van der Waals surface area contributed by atoms with Crippen molar-refractivity contribution in [1.29, 1.82) is 0 Å². The van der Waals surface area contributed by atoms with E-state index in [-0.39, 0.29) is 16.5 Å². The molecule has 0 saturated heterocycles. The molecule has 0 spiro atoms. The molecule has 0 fully saturated rings. The van der Waals surface area contributed by atoms with Crippen molar-refractivity contribution < 1.29 is 23.5 Å². The van der Waals surface area contributed by atoms with Gasteiger partial charge < -0.3 is 14.8 Å². The molecule has 0 radical (unpaired) electrons. The van der Waals surface area contributed by atoms with Gasteiger partial charge in [-0.1, -0.05) is 11.6 Å². The average molecular weight is 339 g/mol. The van der Waals surface area contributed by atoms with Crippen LogP contribution in [0, 0.1) is 5.82 Å². The van der Waals surface area contributed by atoms with Gasteiger partial charge in [0.25, 0.3) is 5.91 Å². The summed E-state index contributed by atoms with van der Waals surface area (Å²) >= 11 is 5.79. The van der Waals surface area contributed by atoms with Crippen LogP contribution in [0.4, 0.5) is 10.1 Å². The van der Waals surface area contributed by atoms with Crippen molar-refractivity contribution in [2.75, 3.05) is 19.0 Å². The van der Waals surface area contributed by atoms with E-state index in [0.717, 1.165) is 6.07 Å². The Balaban J connectivity index is 1.92. The highest BCUT2D eigenvalue weighted by molar-refractivity contribution is 6.32. The monoisotopic (exact) mass is 338 g/mol. The van der Waals surface area contributed by atoms with Crippen LogP contribution in [-0.2, 0) is 9.53 Å². The van der Waals surface area contributed by atoms with Gasteiger partial charge in [-0.25, -0.2) is 14.2 Å². The van der Waals surface area contributed by atoms with E-state index in [1.54, 1.807) is 12.1 Å². The second-order valence-electron chi connectivity index (χ2n) is 4.32. The summed E-state index contributed by atoms with van der Waals surface area (Å²) in [4.78, 5) is 27.3. The van der Waals surface area contributed by atoms with Crippen LogP contribution >= 0.6 is 11.6 Å². The lowest BCUT2D eigenvalue weighted by Crippen LogP contribution is -2.21. The number of carbonyl (C=O) groups excluding carboxylic acids is 2. The zero-order valence-electron chi connectivity index (χ0n) is 12.0. The van der Waals surface area contributed by atoms with Gasteiger partial charge in [0.15, 0.2) is 23.3 Å². The molecule has 0 saturated carbocycles. The molecule has 0 aliphatic carbocycles. The zero-order chi connectivity index (χ0) is 16.8. The number of benzene rings is 1. The van der Waals surface area contributed by atoms with E-state index in [1.807, 2.05) is 0 Å². The third-order valence-electron chi connectivity index (χ3n) is 2.76. The van der Waals surface area contributed by atoms with E-state index in [0.29, 0.717) is 5.69 Å². The minimum atomic E-state index is -0.834. The van der Waals surface area contributed by atoms with Crippen LogP contribution in [0.3, 0.4) is 0 Å². The molecular weight excluding hydrogens is 327 g/mol. The molecule has 1 heterocycles. The summed E-state index contributed by atoms with van der Waals surface area (Å²) < 4.78 is 23.1. The fourth-order valence-corrected chi connectivity index (χ4v) is 1.84. The van der Waals surface area contributed by atoms with Crippen molar-refractivity contribution in [3.05, 3.63) is 53.1 Å². The van der Waals surface area contributed by atoms with Crippen molar-refractivity contribution in [3.63, 3.8) is 0 Å². The number of methoxy groups -OCH3 is 1. The second kappa shape index (κ2) is 7.55. The molecule has 1 aromatic heterocycles. The highest BCUT2D eigenvalue weighted by atomic mass is 35.5. The van der Waals surface area contributed by atoms with Crippen molar-refractivity contribution in [3.8, 4) is 5.75 Å². The fraction of sp³-hybridized carbons (Fsp3) is 0.133. The van der Waals surface area contributed by atoms with Crippen LogP contribution in [0.1, 0.15) is 10.4 Å². The number of hydrogen-bond donors (Lipinski definition) is 1. The molecule has 1 N–H and O–H groups in total. The zero-order valence-corrected chi connectivity index (χ0v) is 12.8. The fourth-order valence-electron chi connectivity index (χ4n) is 1.67. The van der Waals surface area contributed by atoms with Crippen LogP contribution in [0.5, 0.6) is 5.75 Å². The third-order valence-corrected chi connectivity index (χ3v) is 3.06. The van der Waals surface area contributed by atoms with Crippen molar-refractivity contribution in [2.45, 2.75) is 0 Å². The number of esters is 1. The molecule has 8 heteroatoms. The minimum absolute atomic E-state index is 0.00510. The SMILES string of the molecule is COc1ccc(C(=O)OCC(=O)Nc2cccnc2Cl)cc1F. The largest absolute Gasteiger partial charge is 0.494 e. The van der Waals surface area contributed by atoms with Crippen LogP contribution in [0.2, 0.25) is 5.15 Å². The Hall–Kier alpha value is -2.67. The number of nitrogens with one attached hydrogen (secondary N) is 1. The van der Waals surface area contributed by atoms with Gasteiger partial charge in [-0.15, -0.1) is 0 Å². The van der Waals surface area contributed by atoms with Crippen LogP contribution in [0.25, 0.3) is 0 Å². The van der Waals surface area contributed by atoms with Gasteiger partial charge in [-0.2, -0.15) is 0 Å². The maximum absolute atomic E-state index is 13.5. The molecule has 2 rings (SSSR count). The van der Waals surface area contributed by atoms with Crippen molar-refractivity contribution >= 4 is 29.2 Å². The van der Waals surface area contributed by atoms with Crippen LogP contribution in [0.15, 0.2) is 36.5 Å². The van der Waals surface area contributed by atoms with Gasteiger partial charge in [0.2, 0.25) is 0 Å². The molecule has 0 atom stereocenters. The Labute approximate surface area is 136 Å². The first-order valence-corrected chi connectivity index (χ1v) is 6.80. The van der Waals surface area contributed by atoms with Gasteiger partial charge in [-0.05, 0) is 30.3 Å². The summed E-state index contributed by atoms with van der Waals surface area (Å²) in [7, 11) is 1.31. The number of hydrogen-bond acceptors (Lipinski definition) is 5. The first-order valence-electron chi connectivity index (χ1n) is 6.42. The number of amides is 1. The Morgan fingerprint density at radius 3 is 2.78 bits per heavy atom. The normalized spacial score (nSPS) is 10.0. The summed E-state index contributed by atoms with van der Waals surface area (Å²) in [6.07, 6.45) is 1.47. The van der Waals surface area contributed by atoms with E-state index < -0.39 is 24.3 Å². The van der Waals surface area contributed by atoms with E-state index in [2.05, 4.69) is 10.3 Å². The van der Waals surface area contributed by atoms with Gasteiger partial charge in [0.05, 0.1) is 18.4 Å². The van der Waals surface area contributed by atoms with Crippen molar-refractivity contribution in [2.24, 2.45) is 0 Å². The number of rotatable bonds is 5. The van der Waals surface area contributed by atoms with Crippen LogP contribution in [-0.4, -0.2) is 30.6 Å². The molecular formula is C15H12ClFN2O4. The second-order valence-corrected chi connectivity index (χ2v) is 4.67. The first kappa shape index (κ1) is 16.7. The third kappa shape index (κ3) is 4.40. The van der Waals surface area contributed by atoms with E-state index in [4.69, 9.17) is 21.1 Å². The molecule has 23 heavy (non-hydrogen) atoms. The first-order chi connectivity index (χ1) is 11.0. The number of nitrogens with zero attached hydrogens (tertiary/aromatic N) is 1. The summed E-state index contributed by atoms with van der Waals surface area (Å²) in [6, 6.07) is 6.74. The number of anilines is 1. The lowest BCUT2D eigenvalue weighted by Gasteiger charge is -2.08. The summed E-state index contributed by atoms with van der Waals surface area (Å²) in [6.45, 7) is -0.544. The Kier molecular flexibility index (Phi) is 5.48. The lowest BCUT2D eigenvalue weighted by atomic mass is 10.2. The number of halogens is 2. The molecule has 6 nitrogen and oxygen atoms in total. The quantitative estimate of drug-likeness (QED) is 0.670. The van der Waals surface area contributed by atoms with Gasteiger partial charge in [0.1, 0.15) is 0 Å². The number of carbonyl (C=O) groups is 2. The minimum Gasteiger partial charge on any atom is -0.494 e. The molecule has 0 aliphatic heterocycles. The maximum atomic E-state index is 13.5. The van der Waals surface area contributed by atoms with Gasteiger partial charge in [-0.3, -0.25) is 4.79 Å². The molecule has 2 aromatic rings. The maximum Gasteiger partial charge on any atom is 0.338 e. The number of aromatic nitrogens is 1. The van der Waals surface area contributed by atoms with Crippen molar-refractivity contribution in [1.82, 2.24) is 4.98 Å². The Morgan fingerprint density at radius 1 is 1.35 bits per heavy atom. The smallest absolute Gasteiger partial charge is 0.338 e.